The molecule has 1 heterocycles. The maximum Gasteiger partial charge on any atom is 0.0316 e. The molecule has 2 N–H and O–H groups in total. The van der Waals surface area contributed by atoms with Crippen molar-refractivity contribution < 1.29 is 0 Å². The number of benzene rings is 1. The molecule has 1 aromatic carbocycles. The van der Waals surface area contributed by atoms with Crippen LogP contribution >= 0.6 is 0 Å². The lowest BCUT2D eigenvalue weighted by Crippen LogP contribution is -2.29. The second-order valence-electron chi connectivity index (χ2n) is 5.67. The summed E-state index contributed by atoms with van der Waals surface area (Å²) in [5, 5.41) is 0. The largest absolute Gasteiger partial charge is 0.399 e. The van der Waals surface area contributed by atoms with E-state index in [9.17, 15) is 0 Å². The maximum absolute atomic E-state index is 5.79. The van der Waals surface area contributed by atoms with Gasteiger partial charge in [0.25, 0.3) is 0 Å². The van der Waals surface area contributed by atoms with Crippen molar-refractivity contribution in [2.45, 2.75) is 12.8 Å². The number of hydrogen-bond acceptors (Lipinski definition) is 3. The summed E-state index contributed by atoms with van der Waals surface area (Å²) >= 11 is 0. The second kappa shape index (κ2) is 6.21. The van der Waals surface area contributed by atoms with E-state index in [1.165, 1.54) is 31.6 Å². The van der Waals surface area contributed by atoms with Crippen LogP contribution in [-0.4, -0.2) is 50.1 Å². The minimum atomic E-state index is 0.848. The number of likely N-dealkylation sites (N-methyl/N-ethyl adjacent to an activating group) is 1. The number of likely N-dealkylation sites (tertiary alicyclic amines) is 1. The number of nitrogen functional groups attached to an aromatic ring is 1. The summed E-state index contributed by atoms with van der Waals surface area (Å²) in [7, 11) is 4.44. The van der Waals surface area contributed by atoms with Gasteiger partial charge in [0, 0.05) is 25.3 Å². The number of nitrogens with two attached hydrogens (primary N) is 1. The summed E-state index contributed by atoms with van der Waals surface area (Å²) in [5.74, 6) is 0.848. The van der Waals surface area contributed by atoms with E-state index in [0.717, 1.165) is 24.6 Å². The molecule has 1 atom stereocenters. The molecule has 0 aromatic heterocycles. The van der Waals surface area contributed by atoms with Crippen molar-refractivity contribution in [1.29, 1.82) is 0 Å². The third kappa shape index (κ3) is 4.00. The van der Waals surface area contributed by atoms with Crippen LogP contribution in [0.4, 0.5) is 5.69 Å². The van der Waals surface area contributed by atoms with Gasteiger partial charge >= 0.3 is 0 Å². The maximum atomic E-state index is 5.79. The molecule has 1 aliphatic rings. The van der Waals surface area contributed by atoms with E-state index in [1.807, 2.05) is 12.1 Å². The Bertz CT molecular complexity index is 378. The number of anilines is 1. The van der Waals surface area contributed by atoms with Crippen LogP contribution in [0.15, 0.2) is 24.3 Å². The Kier molecular flexibility index (Phi) is 4.61. The van der Waals surface area contributed by atoms with Gasteiger partial charge in [-0.25, -0.2) is 0 Å². The molecule has 1 aliphatic heterocycles. The summed E-state index contributed by atoms with van der Waals surface area (Å²) in [6, 6.07) is 8.23. The monoisotopic (exact) mass is 247 g/mol. The molecule has 0 saturated carbocycles. The molecule has 1 unspecified atom stereocenters. The Morgan fingerprint density at radius 2 is 2.28 bits per heavy atom. The summed E-state index contributed by atoms with van der Waals surface area (Å²) < 4.78 is 0. The van der Waals surface area contributed by atoms with Crippen LogP contribution in [0.25, 0.3) is 0 Å². The summed E-state index contributed by atoms with van der Waals surface area (Å²) in [6.45, 7) is 4.84. The van der Waals surface area contributed by atoms with Gasteiger partial charge in [-0.15, -0.1) is 0 Å². The quantitative estimate of drug-likeness (QED) is 0.804. The van der Waals surface area contributed by atoms with Gasteiger partial charge in [0.05, 0.1) is 0 Å². The summed E-state index contributed by atoms with van der Waals surface area (Å²) in [5.41, 5.74) is 8.00. The Labute approximate surface area is 111 Å². The number of nitrogens with zero attached hydrogens (tertiary/aromatic N) is 2. The third-order valence-electron chi connectivity index (χ3n) is 3.79. The third-order valence-corrected chi connectivity index (χ3v) is 3.79. The predicted molar refractivity (Wildman–Crippen MR) is 77.7 cm³/mol. The Balaban J connectivity index is 1.73. The molecule has 1 saturated heterocycles. The lowest BCUT2D eigenvalue weighted by atomic mass is 10.1. The molecule has 0 spiro atoms. The SMILES string of the molecule is CN(CCc1cccc(N)c1)CC1CCN(C)C1. The first kappa shape index (κ1) is 13.4. The zero-order valence-corrected chi connectivity index (χ0v) is 11.6. The molecule has 2 rings (SSSR count). The standard InChI is InChI=1S/C15H25N3/c1-17(11-14-7-9-18(2)12-14)8-6-13-4-3-5-15(16)10-13/h3-5,10,14H,6-9,11-12,16H2,1-2H3. The van der Waals surface area contributed by atoms with E-state index >= 15 is 0 Å². The molecule has 1 aromatic rings. The molecule has 1 fully saturated rings. The number of hydrogen-bond donors (Lipinski definition) is 1. The highest BCUT2D eigenvalue weighted by molar-refractivity contribution is 5.40. The van der Waals surface area contributed by atoms with E-state index in [2.05, 4.69) is 36.0 Å². The fourth-order valence-corrected chi connectivity index (χ4v) is 2.78. The van der Waals surface area contributed by atoms with Crippen LogP contribution in [0.3, 0.4) is 0 Å². The van der Waals surface area contributed by atoms with Crippen molar-refractivity contribution in [2.24, 2.45) is 5.92 Å². The Morgan fingerprint density at radius 3 is 2.94 bits per heavy atom. The average molecular weight is 247 g/mol. The molecule has 0 radical (unpaired) electrons. The van der Waals surface area contributed by atoms with Crippen LogP contribution in [0.1, 0.15) is 12.0 Å². The Morgan fingerprint density at radius 1 is 1.44 bits per heavy atom. The van der Waals surface area contributed by atoms with Gasteiger partial charge in [0.15, 0.2) is 0 Å². The van der Waals surface area contributed by atoms with Gasteiger partial charge in [-0.2, -0.15) is 0 Å². The first-order valence-electron chi connectivity index (χ1n) is 6.85. The van der Waals surface area contributed by atoms with Crippen molar-refractivity contribution in [3.63, 3.8) is 0 Å². The highest BCUT2D eigenvalue weighted by Gasteiger charge is 2.20. The van der Waals surface area contributed by atoms with Crippen LogP contribution in [-0.2, 0) is 6.42 Å². The van der Waals surface area contributed by atoms with E-state index in [-0.39, 0.29) is 0 Å². The van der Waals surface area contributed by atoms with Crippen molar-refractivity contribution >= 4 is 5.69 Å². The van der Waals surface area contributed by atoms with Crippen LogP contribution < -0.4 is 5.73 Å². The van der Waals surface area contributed by atoms with E-state index in [1.54, 1.807) is 0 Å². The predicted octanol–water partition coefficient (Wildman–Crippen LogP) is 1.69. The zero-order chi connectivity index (χ0) is 13.0. The van der Waals surface area contributed by atoms with Gasteiger partial charge in [-0.1, -0.05) is 12.1 Å². The molecule has 100 valence electrons. The molecule has 0 amide bonds. The zero-order valence-electron chi connectivity index (χ0n) is 11.6. The Hall–Kier alpha value is -1.06. The van der Waals surface area contributed by atoms with Crippen molar-refractivity contribution in [2.75, 3.05) is 46.0 Å². The summed E-state index contributed by atoms with van der Waals surface area (Å²) in [4.78, 5) is 4.88. The molecular weight excluding hydrogens is 222 g/mol. The fraction of sp³-hybridized carbons (Fsp3) is 0.600. The molecule has 0 bridgehead atoms. The summed E-state index contributed by atoms with van der Waals surface area (Å²) in [6.07, 6.45) is 2.43. The van der Waals surface area contributed by atoms with E-state index in [4.69, 9.17) is 5.73 Å². The second-order valence-corrected chi connectivity index (χ2v) is 5.67. The molecular formula is C15H25N3. The van der Waals surface area contributed by atoms with Crippen LogP contribution in [0.5, 0.6) is 0 Å². The van der Waals surface area contributed by atoms with Crippen molar-refractivity contribution in [3.8, 4) is 0 Å². The van der Waals surface area contributed by atoms with E-state index < -0.39 is 0 Å². The first-order chi connectivity index (χ1) is 8.63. The number of rotatable bonds is 5. The lowest BCUT2D eigenvalue weighted by Gasteiger charge is -2.20. The van der Waals surface area contributed by atoms with Gasteiger partial charge in [-0.3, -0.25) is 0 Å². The van der Waals surface area contributed by atoms with Gasteiger partial charge in [0.1, 0.15) is 0 Å². The lowest BCUT2D eigenvalue weighted by molar-refractivity contribution is 0.276. The molecule has 18 heavy (non-hydrogen) atoms. The average Bonchev–Trinajstić information content (AvgIpc) is 2.72. The van der Waals surface area contributed by atoms with E-state index in [0.29, 0.717) is 0 Å². The highest BCUT2D eigenvalue weighted by atomic mass is 15.1. The fourth-order valence-electron chi connectivity index (χ4n) is 2.78. The highest BCUT2D eigenvalue weighted by Crippen LogP contribution is 2.15. The molecule has 0 aliphatic carbocycles. The smallest absolute Gasteiger partial charge is 0.0316 e. The molecule has 3 nitrogen and oxygen atoms in total. The van der Waals surface area contributed by atoms with Gasteiger partial charge < -0.3 is 15.5 Å². The van der Waals surface area contributed by atoms with Crippen LogP contribution in [0, 0.1) is 5.92 Å². The van der Waals surface area contributed by atoms with Gasteiger partial charge in [0.2, 0.25) is 0 Å². The minimum Gasteiger partial charge on any atom is -0.399 e. The topological polar surface area (TPSA) is 32.5 Å². The van der Waals surface area contributed by atoms with Crippen molar-refractivity contribution in [1.82, 2.24) is 9.80 Å². The minimum absolute atomic E-state index is 0.848. The van der Waals surface area contributed by atoms with Crippen molar-refractivity contribution in [3.05, 3.63) is 29.8 Å². The first-order valence-corrected chi connectivity index (χ1v) is 6.85. The normalized spacial score (nSPS) is 20.7. The van der Waals surface area contributed by atoms with Crippen LogP contribution in [0.2, 0.25) is 0 Å². The molecule has 3 heteroatoms. The van der Waals surface area contributed by atoms with Gasteiger partial charge in [-0.05, 0) is 57.1 Å².